The summed E-state index contributed by atoms with van der Waals surface area (Å²) in [5.74, 6) is -1.18. The van der Waals surface area contributed by atoms with Crippen molar-refractivity contribution in [1.82, 2.24) is 15.5 Å². The van der Waals surface area contributed by atoms with Gasteiger partial charge in [0.25, 0.3) is 0 Å². The van der Waals surface area contributed by atoms with Crippen LogP contribution < -0.4 is 10.6 Å². The molecule has 0 radical (unpaired) electrons. The van der Waals surface area contributed by atoms with Gasteiger partial charge in [0.15, 0.2) is 0 Å². The summed E-state index contributed by atoms with van der Waals surface area (Å²) in [5.41, 5.74) is 0. The van der Waals surface area contributed by atoms with Crippen LogP contribution in [-0.4, -0.2) is 54.1 Å². The largest absolute Gasteiger partial charge is 0.480 e. The summed E-state index contributed by atoms with van der Waals surface area (Å²) in [4.78, 5) is 34.0. The van der Waals surface area contributed by atoms with Crippen LogP contribution in [0.1, 0.15) is 6.42 Å². The summed E-state index contributed by atoms with van der Waals surface area (Å²) in [5, 5.41) is 13.2. The second kappa shape index (κ2) is 5.18. The van der Waals surface area contributed by atoms with Gasteiger partial charge in [-0.15, -0.1) is 0 Å². The molecule has 3 N–H and O–H groups in total. The second-order valence-corrected chi connectivity index (χ2v) is 3.14. The number of aliphatic carboxylic acids is 1. The maximum atomic E-state index is 11.4. The Morgan fingerprint density at radius 2 is 2.20 bits per heavy atom. The third kappa shape index (κ3) is 3.84. The van der Waals surface area contributed by atoms with E-state index in [2.05, 4.69) is 10.6 Å². The molecule has 7 nitrogen and oxygen atoms in total. The molecule has 1 heterocycles. The third-order valence-electron chi connectivity index (χ3n) is 1.99. The van der Waals surface area contributed by atoms with Gasteiger partial charge in [-0.25, -0.2) is 4.79 Å². The number of hydrogen-bond donors (Lipinski definition) is 3. The molecule has 0 saturated carbocycles. The number of urea groups is 1. The van der Waals surface area contributed by atoms with Gasteiger partial charge in [0.2, 0.25) is 5.91 Å². The van der Waals surface area contributed by atoms with Crippen LogP contribution in [-0.2, 0) is 9.59 Å². The molecule has 0 aromatic heterocycles. The fourth-order valence-corrected chi connectivity index (χ4v) is 1.23. The zero-order valence-electron chi connectivity index (χ0n) is 8.15. The Labute approximate surface area is 86.4 Å². The van der Waals surface area contributed by atoms with Crippen LogP contribution in [0.15, 0.2) is 0 Å². The summed E-state index contributed by atoms with van der Waals surface area (Å²) in [6.07, 6.45) is 0.250. The first-order valence-electron chi connectivity index (χ1n) is 4.61. The number of rotatable bonds is 2. The van der Waals surface area contributed by atoms with E-state index in [4.69, 9.17) is 5.11 Å². The topological polar surface area (TPSA) is 98.7 Å². The second-order valence-electron chi connectivity index (χ2n) is 3.14. The Hall–Kier alpha value is -1.79. The molecule has 1 aliphatic heterocycles. The van der Waals surface area contributed by atoms with Crippen molar-refractivity contribution in [3.05, 3.63) is 0 Å². The molecule has 1 rings (SSSR count). The van der Waals surface area contributed by atoms with Crippen LogP contribution in [0.4, 0.5) is 4.79 Å². The number of carboxylic acids is 1. The van der Waals surface area contributed by atoms with E-state index in [-0.39, 0.29) is 12.3 Å². The zero-order valence-corrected chi connectivity index (χ0v) is 8.15. The van der Waals surface area contributed by atoms with Gasteiger partial charge in [0.1, 0.15) is 6.54 Å². The van der Waals surface area contributed by atoms with E-state index in [1.54, 1.807) is 0 Å². The van der Waals surface area contributed by atoms with E-state index < -0.39 is 18.5 Å². The number of amides is 3. The van der Waals surface area contributed by atoms with Crippen molar-refractivity contribution in [2.45, 2.75) is 6.42 Å². The van der Waals surface area contributed by atoms with Crippen molar-refractivity contribution in [2.75, 3.05) is 26.2 Å². The molecule has 0 atom stereocenters. The van der Waals surface area contributed by atoms with Gasteiger partial charge in [0.05, 0.1) is 0 Å². The predicted octanol–water partition coefficient (Wildman–Crippen LogP) is -1.40. The molecular weight excluding hydrogens is 202 g/mol. The lowest BCUT2D eigenvalue weighted by Gasteiger charge is -2.19. The first kappa shape index (κ1) is 11.3. The lowest BCUT2D eigenvalue weighted by molar-refractivity contribution is -0.135. The van der Waals surface area contributed by atoms with Gasteiger partial charge in [-0.05, 0) is 0 Å². The van der Waals surface area contributed by atoms with Crippen LogP contribution in [0.3, 0.4) is 0 Å². The molecule has 1 aliphatic rings. The lowest BCUT2D eigenvalue weighted by Crippen LogP contribution is -2.43. The lowest BCUT2D eigenvalue weighted by atomic mass is 10.4. The van der Waals surface area contributed by atoms with Crippen molar-refractivity contribution >= 4 is 17.9 Å². The van der Waals surface area contributed by atoms with Crippen molar-refractivity contribution in [1.29, 1.82) is 0 Å². The Morgan fingerprint density at radius 3 is 2.87 bits per heavy atom. The molecule has 1 saturated heterocycles. The van der Waals surface area contributed by atoms with E-state index in [1.807, 2.05) is 0 Å². The number of hydrogen-bond acceptors (Lipinski definition) is 3. The quantitative estimate of drug-likeness (QED) is 0.527. The molecule has 0 aromatic carbocycles. The van der Waals surface area contributed by atoms with E-state index in [0.717, 1.165) is 0 Å². The molecule has 3 amide bonds. The highest BCUT2D eigenvalue weighted by Gasteiger charge is 2.18. The average molecular weight is 215 g/mol. The van der Waals surface area contributed by atoms with Crippen LogP contribution in [0.5, 0.6) is 0 Å². The highest BCUT2D eigenvalue weighted by atomic mass is 16.4. The summed E-state index contributed by atoms with van der Waals surface area (Å²) in [6.45, 7) is 0.713. The SMILES string of the molecule is O=C(O)CNC(=O)N1CCNC(=O)CC1. The highest BCUT2D eigenvalue weighted by Crippen LogP contribution is 1.96. The van der Waals surface area contributed by atoms with E-state index in [9.17, 15) is 14.4 Å². The molecule has 0 aromatic rings. The fourth-order valence-electron chi connectivity index (χ4n) is 1.23. The Balaban J connectivity index is 2.38. The number of carboxylic acid groups (broad SMARTS) is 1. The van der Waals surface area contributed by atoms with Crippen LogP contribution in [0.25, 0.3) is 0 Å². The minimum absolute atomic E-state index is 0.0939. The summed E-state index contributed by atoms with van der Waals surface area (Å²) in [7, 11) is 0. The number of carbonyl (C=O) groups excluding carboxylic acids is 2. The Bertz CT molecular complexity index is 279. The smallest absolute Gasteiger partial charge is 0.323 e. The van der Waals surface area contributed by atoms with Gasteiger partial charge in [-0.3, -0.25) is 9.59 Å². The van der Waals surface area contributed by atoms with Crippen LogP contribution >= 0.6 is 0 Å². The maximum Gasteiger partial charge on any atom is 0.323 e. The summed E-state index contributed by atoms with van der Waals surface area (Å²) >= 11 is 0. The van der Waals surface area contributed by atoms with Gasteiger partial charge < -0.3 is 20.6 Å². The number of nitrogens with one attached hydrogen (secondary N) is 2. The molecular formula is C8H13N3O4. The van der Waals surface area contributed by atoms with Crippen LogP contribution in [0.2, 0.25) is 0 Å². The van der Waals surface area contributed by atoms with Crippen molar-refractivity contribution < 1.29 is 19.5 Å². The molecule has 0 aliphatic carbocycles. The zero-order chi connectivity index (χ0) is 11.3. The molecule has 0 unspecified atom stereocenters. The standard InChI is InChI=1S/C8H13N3O4/c12-6-1-3-11(4-2-9-6)8(15)10-5-7(13)14/h1-5H2,(H,9,12)(H,10,15)(H,13,14). The highest BCUT2D eigenvalue weighted by molar-refractivity contribution is 5.81. The molecule has 0 bridgehead atoms. The normalized spacial score (nSPS) is 16.5. The minimum Gasteiger partial charge on any atom is -0.480 e. The summed E-state index contributed by atoms with van der Waals surface area (Å²) in [6, 6.07) is -0.450. The van der Waals surface area contributed by atoms with Crippen molar-refractivity contribution in [2.24, 2.45) is 0 Å². The minimum atomic E-state index is -1.09. The van der Waals surface area contributed by atoms with Crippen LogP contribution in [0, 0.1) is 0 Å². The molecule has 15 heavy (non-hydrogen) atoms. The van der Waals surface area contributed by atoms with Gasteiger partial charge in [0, 0.05) is 26.1 Å². The molecule has 84 valence electrons. The van der Waals surface area contributed by atoms with E-state index >= 15 is 0 Å². The van der Waals surface area contributed by atoms with E-state index in [0.29, 0.717) is 19.6 Å². The first-order chi connectivity index (χ1) is 7.09. The predicted molar refractivity (Wildman–Crippen MR) is 50.2 cm³/mol. The van der Waals surface area contributed by atoms with Gasteiger partial charge in [-0.2, -0.15) is 0 Å². The van der Waals surface area contributed by atoms with E-state index in [1.165, 1.54) is 4.90 Å². The number of carbonyl (C=O) groups is 3. The van der Waals surface area contributed by atoms with Gasteiger partial charge >= 0.3 is 12.0 Å². The molecule has 7 heteroatoms. The van der Waals surface area contributed by atoms with Crippen molar-refractivity contribution in [3.8, 4) is 0 Å². The molecule has 0 spiro atoms. The number of nitrogens with zero attached hydrogens (tertiary/aromatic N) is 1. The summed E-state index contributed by atoms with van der Waals surface area (Å²) < 4.78 is 0. The van der Waals surface area contributed by atoms with Gasteiger partial charge in [-0.1, -0.05) is 0 Å². The molecule has 1 fully saturated rings. The Kier molecular flexibility index (Phi) is 3.90. The Morgan fingerprint density at radius 1 is 1.47 bits per heavy atom. The fraction of sp³-hybridized carbons (Fsp3) is 0.625. The maximum absolute atomic E-state index is 11.4. The van der Waals surface area contributed by atoms with Crippen molar-refractivity contribution in [3.63, 3.8) is 0 Å². The third-order valence-corrected chi connectivity index (χ3v) is 1.99. The monoisotopic (exact) mass is 215 g/mol. The first-order valence-corrected chi connectivity index (χ1v) is 4.61. The average Bonchev–Trinajstić information content (AvgIpc) is 2.39.